The molecule has 0 radical (unpaired) electrons. The molecule has 2 heterocycles. The molecule has 0 spiro atoms. The molecule has 0 amide bonds. The van der Waals surface area contributed by atoms with E-state index in [1.54, 1.807) is 0 Å². The molecule has 17 heavy (non-hydrogen) atoms. The Bertz CT molecular complexity index is 374. The maximum atomic E-state index is 8.96. The van der Waals surface area contributed by atoms with Gasteiger partial charge in [0.1, 0.15) is 5.69 Å². The summed E-state index contributed by atoms with van der Waals surface area (Å²) in [5.41, 5.74) is 0.664. The van der Waals surface area contributed by atoms with Gasteiger partial charge in [-0.2, -0.15) is 0 Å². The maximum Gasteiger partial charge on any atom is 0.108 e. The lowest BCUT2D eigenvalue weighted by Crippen LogP contribution is -2.34. The Morgan fingerprint density at radius 3 is 2.88 bits per heavy atom. The Kier molecular flexibility index (Phi) is 3.11. The monoisotopic (exact) mass is 236 g/mol. The number of likely N-dealkylation sites (tertiary alicyclic amines) is 1. The molecule has 1 saturated heterocycles. The molecule has 3 rings (SSSR count). The van der Waals surface area contributed by atoms with Gasteiger partial charge >= 0.3 is 0 Å². The van der Waals surface area contributed by atoms with Gasteiger partial charge in [0, 0.05) is 12.6 Å². The fourth-order valence-corrected chi connectivity index (χ4v) is 2.69. The molecule has 1 saturated carbocycles. The average molecular weight is 236 g/mol. The Morgan fingerprint density at radius 1 is 1.29 bits per heavy atom. The lowest BCUT2D eigenvalue weighted by Gasteiger charge is -2.23. The molecule has 1 aliphatic heterocycles. The molecule has 1 aromatic rings. The van der Waals surface area contributed by atoms with Crippen molar-refractivity contribution < 1.29 is 5.11 Å². The van der Waals surface area contributed by atoms with Crippen LogP contribution in [0.5, 0.6) is 0 Å². The van der Waals surface area contributed by atoms with E-state index in [0.29, 0.717) is 11.7 Å². The molecule has 2 fully saturated rings. The van der Waals surface area contributed by atoms with Crippen molar-refractivity contribution in [2.45, 2.75) is 44.9 Å². The number of hydrogen-bond donors (Lipinski definition) is 1. The molecule has 5 heteroatoms. The van der Waals surface area contributed by atoms with Gasteiger partial charge in [-0.3, -0.25) is 9.58 Å². The molecule has 1 unspecified atom stereocenters. The topological polar surface area (TPSA) is 54.2 Å². The maximum absolute atomic E-state index is 8.96. The summed E-state index contributed by atoms with van der Waals surface area (Å²) < 4.78 is 1.88. The highest BCUT2D eigenvalue weighted by atomic mass is 16.3. The minimum absolute atomic E-state index is 0.0174. The quantitative estimate of drug-likeness (QED) is 0.815. The lowest BCUT2D eigenvalue weighted by molar-refractivity contribution is 0.217. The second kappa shape index (κ2) is 4.74. The summed E-state index contributed by atoms with van der Waals surface area (Å²) >= 11 is 0. The lowest BCUT2D eigenvalue weighted by atomic mass is 10.2. The van der Waals surface area contributed by atoms with E-state index < -0.39 is 0 Å². The Balaban J connectivity index is 1.58. The summed E-state index contributed by atoms with van der Waals surface area (Å²) in [5, 5.41) is 16.9. The fourth-order valence-electron chi connectivity index (χ4n) is 2.69. The van der Waals surface area contributed by atoms with E-state index in [4.69, 9.17) is 5.11 Å². The van der Waals surface area contributed by atoms with Crippen molar-refractivity contribution in [3.05, 3.63) is 11.9 Å². The molecular formula is C12H20N4O. The summed E-state index contributed by atoms with van der Waals surface area (Å²) in [5.74, 6) is 0.958. The average Bonchev–Trinajstić information content (AvgIpc) is 2.87. The predicted molar refractivity (Wildman–Crippen MR) is 63.3 cm³/mol. The van der Waals surface area contributed by atoms with E-state index in [1.807, 2.05) is 10.9 Å². The smallest absolute Gasteiger partial charge is 0.108 e. The van der Waals surface area contributed by atoms with Crippen LogP contribution in [0.2, 0.25) is 0 Å². The number of hydrogen-bond acceptors (Lipinski definition) is 4. The van der Waals surface area contributed by atoms with Crippen LogP contribution in [0.25, 0.3) is 0 Å². The van der Waals surface area contributed by atoms with E-state index in [9.17, 15) is 0 Å². The SMILES string of the molecule is OCc1cn(CC2CCCN2CC2CC2)nn1. The van der Waals surface area contributed by atoms with E-state index in [1.165, 1.54) is 38.8 Å². The van der Waals surface area contributed by atoms with Gasteiger partial charge in [0.2, 0.25) is 0 Å². The first-order valence-electron chi connectivity index (χ1n) is 6.59. The summed E-state index contributed by atoms with van der Waals surface area (Å²) in [4.78, 5) is 2.61. The van der Waals surface area contributed by atoms with Gasteiger partial charge in [0.05, 0.1) is 19.3 Å². The van der Waals surface area contributed by atoms with Crippen molar-refractivity contribution in [3.8, 4) is 0 Å². The standard InChI is InChI=1S/C12H20N4O/c17-9-11-7-16(14-13-11)8-12-2-1-5-15(12)6-10-3-4-10/h7,10,12,17H,1-6,8-9H2. The van der Waals surface area contributed by atoms with Crippen molar-refractivity contribution in [1.29, 1.82) is 0 Å². The highest BCUT2D eigenvalue weighted by molar-refractivity contribution is 4.91. The Labute approximate surface area is 101 Å². The zero-order valence-electron chi connectivity index (χ0n) is 10.1. The summed E-state index contributed by atoms with van der Waals surface area (Å²) in [7, 11) is 0. The molecule has 1 atom stereocenters. The van der Waals surface area contributed by atoms with Gasteiger partial charge in [-0.1, -0.05) is 5.21 Å². The molecule has 5 nitrogen and oxygen atoms in total. The van der Waals surface area contributed by atoms with Crippen molar-refractivity contribution in [1.82, 2.24) is 19.9 Å². The normalized spacial score (nSPS) is 25.6. The summed E-state index contributed by atoms with van der Waals surface area (Å²) in [6, 6.07) is 0.615. The van der Waals surface area contributed by atoms with E-state index in [-0.39, 0.29) is 6.61 Å². The fraction of sp³-hybridized carbons (Fsp3) is 0.833. The molecule has 94 valence electrons. The summed E-state index contributed by atoms with van der Waals surface area (Å²) in [6.07, 6.45) is 7.26. The summed E-state index contributed by atoms with van der Waals surface area (Å²) in [6.45, 7) is 3.41. The Morgan fingerprint density at radius 2 is 2.18 bits per heavy atom. The molecule has 2 aliphatic rings. The van der Waals surface area contributed by atoms with Gasteiger partial charge in [-0.15, -0.1) is 5.10 Å². The van der Waals surface area contributed by atoms with Gasteiger partial charge in [-0.25, -0.2) is 0 Å². The van der Waals surface area contributed by atoms with Crippen molar-refractivity contribution in [2.24, 2.45) is 5.92 Å². The minimum atomic E-state index is -0.0174. The van der Waals surface area contributed by atoms with Crippen molar-refractivity contribution in [2.75, 3.05) is 13.1 Å². The van der Waals surface area contributed by atoms with Crippen molar-refractivity contribution >= 4 is 0 Å². The third kappa shape index (κ3) is 2.66. The van der Waals surface area contributed by atoms with Crippen LogP contribution in [0, 0.1) is 5.92 Å². The molecule has 0 aromatic carbocycles. The minimum Gasteiger partial charge on any atom is -0.390 e. The highest BCUT2D eigenvalue weighted by Gasteiger charge is 2.31. The van der Waals surface area contributed by atoms with Crippen LogP contribution in [-0.2, 0) is 13.2 Å². The molecule has 1 aromatic heterocycles. The van der Waals surface area contributed by atoms with Crippen LogP contribution in [0.1, 0.15) is 31.4 Å². The molecule has 0 bridgehead atoms. The van der Waals surface area contributed by atoms with Crippen LogP contribution in [0.3, 0.4) is 0 Å². The second-order valence-electron chi connectivity index (χ2n) is 5.32. The zero-order chi connectivity index (χ0) is 11.7. The number of aromatic nitrogens is 3. The van der Waals surface area contributed by atoms with E-state index in [0.717, 1.165) is 12.5 Å². The van der Waals surface area contributed by atoms with Gasteiger partial charge in [0.15, 0.2) is 0 Å². The van der Waals surface area contributed by atoms with Gasteiger partial charge in [-0.05, 0) is 38.1 Å². The van der Waals surface area contributed by atoms with Gasteiger partial charge < -0.3 is 5.11 Å². The third-order valence-corrected chi connectivity index (χ3v) is 3.83. The molecule has 1 N–H and O–H groups in total. The third-order valence-electron chi connectivity index (χ3n) is 3.83. The first-order chi connectivity index (χ1) is 8.35. The van der Waals surface area contributed by atoms with Crippen LogP contribution in [0.4, 0.5) is 0 Å². The van der Waals surface area contributed by atoms with Crippen LogP contribution in [0.15, 0.2) is 6.20 Å². The second-order valence-corrected chi connectivity index (χ2v) is 5.32. The van der Waals surface area contributed by atoms with Crippen molar-refractivity contribution in [3.63, 3.8) is 0 Å². The number of nitrogens with zero attached hydrogens (tertiary/aromatic N) is 4. The van der Waals surface area contributed by atoms with Crippen LogP contribution < -0.4 is 0 Å². The molecule has 1 aliphatic carbocycles. The van der Waals surface area contributed by atoms with Crippen LogP contribution >= 0.6 is 0 Å². The van der Waals surface area contributed by atoms with E-state index >= 15 is 0 Å². The number of aliphatic hydroxyl groups excluding tert-OH is 1. The zero-order valence-corrected chi connectivity index (χ0v) is 10.1. The van der Waals surface area contributed by atoms with Crippen LogP contribution in [-0.4, -0.2) is 44.1 Å². The molecular weight excluding hydrogens is 216 g/mol. The number of rotatable bonds is 5. The predicted octanol–water partition coefficient (Wildman–Crippen LogP) is 0.645. The van der Waals surface area contributed by atoms with Gasteiger partial charge in [0.25, 0.3) is 0 Å². The highest BCUT2D eigenvalue weighted by Crippen LogP contribution is 2.32. The first-order valence-corrected chi connectivity index (χ1v) is 6.59. The first kappa shape index (κ1) is 11.2. The number of aliphatic hydroxyl groups is 1. The Hall–Kier alpha value is -0.940. The largest absolute Gasteiger partial charge is 0.390 e. The van der Waals surface area contributed by atoms with E-state index in [2.05, 4.69) is 15.2 Å².